The van der Waals surface area contributed by atoms with Gasteiger partial charge in [0.2, 0.25) is 5.76 Å². The van der Waals surface area contributed by atoms with Gasteiger partial charge in [-0.1, -0.05) is 11.6 Å². The van der Waals surface area contributed by atoms with Gasteiger partial charge in [0.1, 0.15) is 12.4 Å². The fourth-order valence-electron chi connectivity index (χ4n) is 2.31. The summed E-state index contributed by atoms with van der Waals surface area (Å²) in [6, 6.07) is 6.53. The van der Waals surface area contributed by atoms with E-state index in [9.17, 15) is 24.5 Å². The van der Waals surface area contributed by atoms with E-state index in [-0.39, 0.29) is 35.4 Å². The number of amides is 2. The molecule has 27 heavy (non-hydrogen) atoms. The molecule has 0 N–H and O–H groups in total. The Bertz CT molecular complexity index is 938. The second-order valence-corrected chi connectivity index (χ2v) is 5.73. The van der Waals surface area contributed by atoms with E-state index in [2.05, 4.69) is 4.74 Å². The van der Waals surface area contributed by atoms with E-state index in [1.807, 2.05) is 0 Å². The average molecular weight is 395 g/mol. The summed E-state index contributed by atoms with van der Waals surface area (Å²) in [5.74, 6) is -1.64. The molecule has 1 aromatic heterocycles. The number of carbonyl (C=O) groups excluding carboxylic acids is 3. The van der Waals surface area contributed by atoms with Crippen molar-refractivity contribution in [2.45, 2.75) is 0 Å². The van der Waals surface area contributed by atoms with Gasteiger partial charge in [-0.15, -0.1) is 0 Å². The second kappa shape index (κ2) is 7.46. The standard InChI is InChI=1S/C16H11ClN2O8/c17-11-7-9(19(23)24)1-2-10(11)12-3-4-13(27-12)15(21)26-8-14(20)18-5-6-25-16(18)22/h1-4,7H,5-6,8H2. The molecule has 2 heterocycles. The van der Waals surface area contributed by atoms with Crippen molar-refractivity contribution in [1.29, 1.82) is 0 Å². The van der Waals surface area contributed by atoms with Gasteiger partial charge in [-0.05, 0) is 18.2 Å². The number of esters is 1. The maximum Gasteiger partial charge on any atom is 0.416 e. The van der Waals surface area contributed by atoms with Gasteiger partial charge in [0, 0.05) is 17.7 Å². The SMILES string of the molecule is O=C(OCC(=O)N1CCOC1=O)c1ccc(-c2ccc([N+](=O)[O-])cc2Cl)o1. The first kappa shape index (κ1) is 18.4. The first-order chi connectivity index (χ1) is 12.9. The van der Waals surface area contributed by atoms with Crippen molar-refractivity contribution in [2.75, 3.05) is 19.8 Å². The van der Waals surface area contributed by atoms with E-state index in [1.54, 1.807) is 0 Å². The molecule has 2 amide bonds. The van der Waals surface area contributed by atoms with Gasteiger partial charge in [-0.3, -0.25) is 14.9 Å². The third-order valence-corrected chi connectivity index (χ3v) is 3.94. The minimum absolute atomic E-state index is 0.0705. The molecule has 1 fully saturated rings. The molecule has 1 aliphatic rings. The van der Waals surface area contributed by atoms with E-state index < -0.39 is 29.5 Å². The third-order valence-electron chi connectivity index (χ3n) is 3.62. The van der Waals surface area contributed by atoms with Crippen LogP contribution in [0.5, 0.6) is 0 Å². The number of furan rings is 1. The van der Waals surface area contributed by atoms with Crippen molar-refractivity contribution in [2.24, 2.45) is 0 Å². The highest BCUT2D eigenvalue weighted by Gasteiger charge is 2.29. The number of ether oxygens (including phenoxy) is 2. The summed E-state index contributed by atoms with van der Waals surface area (Å²) in [4.78, 5) is 46.0. The van der Waals surface area contributed by atoms with Crippen LogP contribution in [0.1, 0.15) is 10.6 Å². The lowest BCUT2D eigenvalue weighted by atomic mass is 10.1. The highest BCUT2D eigenvalue weighted by molar-refractivity contribution is 6.33. The molecular formula is C16H11ClN2O8. The number of halogens is 1. The minimum atomic E-state index is -0.916. The van der Waals surface area contributed by atoms with Crippen LogP contribution in [-0.4, -0.2) is 47.6 Å². The molecule has 0 bridgehead atoms. The highest BCUT2D eigenvalue weighted by Crippen LogP contribution is 2.32. The third kappa shape index (κ3) is 3.90. The summed E-state index contributed by atoms with van der Waals surface area (Å²) < 4.78 is 14.8. The summed E-state index contributed by atoms with van der Waals surface area (Å²) in [7, 11) is 0. The molecule has 1 saturated heterocycles. The van der Waals surface area contributed by atoms with Crippen LogP contribution in [0.15, 0.2) is 34.7 Å². The quantitative estimate of drug-likeness (QED) is 0.430. The molecule has 0 aliphatic carbocycles. The molecule has 0 atom stereocenters. The topological polar surface area (TPSA) is 129 Å². The number of carbonyl (C=O) groups is 3. The van der Waals surface area contributed by atoms with Crippen molar-refractivity contribution < 1.29 is 33.2 Å². The molecule has 10 nitrogen and oxygen atoms in total. The van der Waals surface area contributed by atoms with Crippen molar-refractivity contribution in [3.63, 3.8) is 0 Å². The van der Waals surface area contributed by atoms with E-state index in [1.165, 1.54) is 24.3 Å². The lowest BCUT2D eigenvalue weighted by molar-refractivity contribution is -0.384. The molecule has 11 heteroatoms. The van der Waals surface area contributed by atoms with Crippen LogP contribution in [0.4, 0.5) is 10.5 Å². The van der Waals surface area contributed by atoms with Crippen LogP contribution in [0, 0.1) is 10.1 Å². The smallest absolute Gasteiger partial charge is 0.416 e. The number of rotatable bonds is 5. The van der Waals surface area contributed by atoms with Crippen LogP contribution < -0.4 is 0 Å². The number of hydrogen-bond donors (Lipinski definition) is 0. The zero-order chi connectivity index (χ0) is 19.6. The minimum Gasteiger partial charge on any atom is -0.450 e. The van der Waals surface area contributed by atoms with Gasteiger partial charge in [-0.25, -0.2) is 14.5 Å². The molecule has 0 saturated carbocycles. The van der Waals surface area contributed by atoms with E-state index >= 15 is 0 Å². The number of nitro benzene ring substituents is 1. The number of hydrogen-bond acceptors (Lipinski definition) is 8. The van der Waals surface area contributed by atoms with Gasteiger partial charge in [0.15, 0.2) is 6.61 Å². The van der Waals surface area contributed by atoms with Crippen LogP contribution in [0.25, 0.3) is 11.3 Å². The monoisotopic (exact) mass is 394 g/mol. The summed E-state index contributed by atoms with van der Waals surface area (Å²) >= 11 is 6.01. The normalized spacial score (nSPS) is 13.4. The molecule has 1 aromatic carbocycles. The van der Waals surface area contributed by atoms with Crippen molar-refractivity contribution >= 4 is 35.3 Å². The first-order valence-electron chi connectivity index (χ1n) is 7.55. The van der Waals surface area contributed by atoms with Crippen LogP contribution in [0.3, 0.4) is 0 Å². The molecule has 0 unspecified atom stereocenters. The predicted molar refractivity (Wildman–Crippen MR) is 89.2 cm³/mol. The van der Waals surface area contributed by atoms with E-state index in [4.69, 9.17) is 20.8 Å². The van der Waals surface area contributed by atoms with Crippen LogP contribution >= 0.6 is 11.6 Å². The molecule has 0 radical (unpaired) electrons. The number of nitrogens with zero attached hydrogens (tertiary/aromatic N) is 2. The number of cyclic esters (lactones) is 1. The first-order valence-corrected chi connectivity index (χ1v) is 7.93. The van der Waals surface area contributed by atoms with Gasteiger partial charge in [0.05, 0.1) is 16.5 Å². The summed E-state index contributed by atoms with van der Waals surface area (Å²) in [6.45, 7) is -0.461. The van der Waals surface area contributed by atoms with Gasteiger partial charge in [-0.2, -0.15) is 0 Å². The lowest BCUT2D eigenvalue weighted by Crippen LogP contribution is -2.35. The molecule has 2 aromatic rings. The van der Waals surface area contributed by atoms with Crippen molar-refractivity contribution in [3.8, 4) is 11.3 Å². The van der Waals surface area contributed by atoms with Crippen molar-refractivity contribution in [3.05, 3.63) is 51.2 Å². The Balaban J connectivity index is 1.66. The van der Waals surface area contributed by atoms with E-state index in [0.717, 1.165) is 11.0 Å². The fourth-order valence-corrected chi connectivity index (χ4v) is 2.57. The van der Waals surface area contributed by atoms with Gasteiger partial charge in [0.25, 0.3) is 11.6 Å². The average Bonchev–Trinajstić information content (AvgIpc) is 3.28. The lowest BCUT2D eigenvalue weighted by Gasteiger charge is -2.10. The number of nitro groups is 1. The van der Waals surface area contributed by atoms with Crippen molar-refractivity contribution in [1.82, 2.24) is 4.90 Å². The number of benzene rings is 1. The molecule has 140 valence electrons. The van der Waals surface area contributed by atoms with E-state index in [0.29, 0.717) is 5.56 Å². The summed E-state index contributed by atoms with van der Waals surface area (Å²) in [6.07, 6.45) is -0.788. The Hall–Kier alpha value is -3.40. The Kier molecular flexibility index (Phi) is 5.08. The second-order valence-electron chi connectivity index (χ2n) is 5.32. The Morgan fingerprint density at radius 3 is 2.70 bits per heavy atom. The fraction of sp³-hybridized carbons (Fsp3) is 0.188. The van der Waals surface area contributed by atoms with Crippen LogP contribution in [-0.2, 0) is 14.3 Å². The Labute approximate surface area is 156 Å². The molecule has 3 rings (SSSR count). The van der Waals surface area contributed by atoms with Gasteiger partial charge >= 0.3 is 12.1 Å². The highest BCUT2D eigenvalue weighted by atomic mass is 35.5. The maximum atomic E-state index is 12.0. The van der Waals surface area contributed by atoms with Crippen LogP contribution in [0.2, 0.25) is 5.02 Å². The van der Waals surface area contributed by atoms with Gasteiger partial charge < -0.3 is 13.9 Å². The summed E-state index contributed by atoms with van der Waals surface area (Å²) in [5.41, 5.74) is 0.158. The number of imide groups is 1. The molecular weight excluding hydrogens is 384 g/mol. The summed E-state index contributed by atoms with van der Waals surface area (Å²) in [5, 5.41) is 10.8. The maximum absolute atomic E-state index is 12.0. The predicted octanol–water partition coefficient (Wildman–Crippen LogP) is 2.64. The largest absolute Gasteiger partial charge is 0.450 e. The zero-order valence-corrected chi connectivity index (χ0v) is 14.3. The number of non-ortho nitro benzene ring substituents is 1. The molecule has 1 aliphatic heterocycles. The Morgan fingerprint density at radius 2 is 2.07 bits per heavy atom. The molecule has 0 spiro atoms. The zero-order valence-electron chi connectivity index (χ0n) is 13.5. The Morgan fingerprint density at radius 1 is 1.30 bits per heavy atom.